The van der Waals surface area contributed by atoms with Crippen LogP contribution >= 0.6 is 0 Å². The van der Waals surface area contributed by atoms with E-state index in [9.17, 15) is 10.5 Å². The van der Waals surface area contributed by atoms with Crippen molar-refractivity contribution in [2.45, 2.75) is 39.5 Å². The molecule has 2 aromatic rings. The van der Waals surface area contributed by atoms with E-state index in [1.807, 2.05) is 30.3 Å². The van der Waals surface area contributed by atoms with Crippen LogP contribution in [0.15, 0.2) is 36.4 Å². The van der Waals surface area contributed by atoms with Gasteiger partial charge in [0.15, 0.2) is 0 Å². The number of unbranched alkanes of at least 4 members (excludes halogenated alkanes) is 2. The normalized spacial score (nSPS) is 10.0. The molecule has 0 aliphatic carbocycles. The molecule has 0 heterocycles. The van der Waals surface area contributed by atoms with Gasteiger partial charge in [-0.2, -0.15) is 10.5 Å². The maximum atomic E-state index is 9.51. The molecule has 0 fully saturated rings. The van der Waals surface area contributed by atoms with Gasteiger partial charge in [-0.25, -0.2) is 0 Å². The average Bonchev–Trinajstić information content (AvgIpc) is 2.64. The van der Waals surface area contributed by atoms with E-state index in [-0.39, 0.29) is 0 Å². The second-order valence-electron chi connectivity index (χ2n) is 5.68. The Labute approximate surface area is 144 Å². The standard InChI is InChI=1S/C21H22N2O/c1-3-5-6-13-24-19-11-9-17(10-12-19)21-16(4-2)7-8-18(14-22)20(21)15-23/h7-12H,3-6,13H2,1-2H3. The molecule has 0 saturated carbocycles. The summed E-state index contributed by atoms with van der Waals surface area (Å²) in [7, 11) is 0. The topological polar surface area (TPSA) is 56.8 Å². The molecule has 0 unspecified atom stereocenters. The van der Waals surface area contributed by atoms with Crippen molar-refractivity contribution in [1.82, 2.24) is 0 Å². The van der Waals surface area contributed by atoms with Crippen LogP contribution in [0.1, 0.15) is 49.8 Å². The molecular formula is C21H22N2O. The lowest BCUT2D eigenvalue weighted by Gasteiger charge is -2.12. The smallest absolute Gasteiger partial charge is 0.119 e. The SMILES string of the molecule is CCCCCOc1ccc(-c2c(CC)ccc(C#N)c2C#N)cc1. The van der Waals surface area contributed by atoms with Crippen molar-refractivity contribution in [3.8, 4) is 29.0 Å². The Morgan fingerprint density at radius 3 is 2.25 bits per heavy atom. The summed E-state index contributed by atoms with van der Waals surface area (Å²) in [6.45, 7) is 4.94. The molecule has 0 amide bonds. The number of rotatable bonds is 7. The van der Waals surface area contributed by atoms with Gasteiger partial charge in [0.1, 0.15) is 17.9 Å². The van der Waals surface area contributed by atoms with E-state index < -0.39 is 0 Å². The molecule has 0 spiro atoms. The fourth-order valence-corrected chi connectivity index (χ4v) is 2.74. The lowest BCUT2D eigenvalue weighted by molar-refractivity contribution is 0.306. The molecule has 0 radical (unpaired) electrons. The van der Waals surface area contributed by atoms with Crippen LogP contribution in [0, 0.1) is 22.7 Å². The van der Waals surface area contributed by atoms with Crippen LogP contribution in [0.5, 0.6) is 5.75 Å². The van der Waals surface area contributed by atoms with E-state index in [0.717, 1.165) is 41.9 Å². The molecule has 0 bridgehead atoms. The minimum Gasteiger partial charge on any atom is -0.494 e. The summed E-state index contributed by atoms with van der Waals surface area (Å²) in [5.74, 6) is 0.836. The highest BCUT2D eigenvalue weighted by Crippen LogP contribution is 2.31. The molecule has 0 atom stereocenters. The van der Waals surface area contributed by atoms with Crippen LogP contribution in [-0.4, -0.2) is 6.61 Å². The largest absolute Gasteiger partial charge is 0.494 e. The Morgan fingerprint density at radius 2 is 1.67 bits per heavy atom. The molecule has 0 N–H and O–H groups in total. The molecule has 0 aliphatic rings. The first-order valence-electron chi connectivity index (χ1n) is 8.44. The van der Waals surface area contributed by atoms with Crippen molar-refractivity contribution in [2.24, 2.45) is 0 Å². The number of nitrogens with zero attached hydrogens (tertiary/aromatic N) is 2. The van der Waals surface area contributed by atoms with E-state index in [1.54, 1.807) is 6.07 Å². The third kappa shape index (κ3) is 3.94. The summed E-state index contributed by atoms with van der Waals surface area (Å²) in [5.41, 5.74) is 3.75. The summed E-state index contributed by atoms with van der Waals surface area (Å²) in [6, 6.07) is 15.8. The van der Waals surface area contributed by atoms with E-state index in [4.69, 9.17) is 4.74 Å². The van der Waals surface area contributed by atoms with Gasteiger partial charge in [0.2, 0.25) is 0 Å². The zero-order chi connectivity index (χ0) is 17.4. The second-order valence-corrected chi connectivity index (χ2v) is 5.68. The van der Waals surface area contributed by atoms with Crippen LogP contribution in [0.25, 0.3) is 11.1 Å². The number of benzene rings is 2. The number of nitriles is 2. The molecule has 2 aromatic carbocycles. The first-order valence-corrected chi connectivity index (χ1v) is 8.44. The molecule has 3 heteroatoms. The van der Waals surface area contributed by atoms with Gasteiger partial charge in [-0.1, -0.05) is 44.9 Å². The van der Waals surface area contributed by atoms with Gasteiger partial charge in [-0.3, -0.25) is 0 Å². The third-order valence-electron chi connectivity index (χ3n) is 4.06. The summed E-state index contributed by atoms with van der Waals surface area (Å²) in [4.78, 5) is 0. The monoisotopic (exact) mass is 318 g/mol. The van der Waals surface area contributed by atoms with Gasteiger partial charge >= 0.3 is 0 Å². The van der Waals surface area contributed by atoms with Crippen molar-refractivity contribution in [2.75, 3.05) is 6.61 Å². The van der Waals surface area contributed by atoms with Crippen molar-refractivity contribution in [3.05, 3.63) is 53.1 Å². The highest BCUT2D eigenvalue weighted by molar-refractivity contribution is 5.77. The molecule has 2 rings (SSSR count). The van der Waals surface area contributed by atoms with Gasteiger partial charge in [-0.15, -0.1) is 0 Å². The van der Waals surface area contributed by atoms with Crippen LogP contribution in [0.2, 0.25) is 0 Å². The molecule has 0 saturated heterocycles. The minimum absolute atomic E-state index is 0.421. The van der Waals surface area contributed by atoms with Crippen molar-refractivity contribution in [1.29, 1.82) is 10.5 Å². The summed E-state index contributed by atoms with van der Waals surface area (Å²) in [5, 5.41) is 18.8. The van der Waals surface area contributed by atoms with E-state index in [2.05, 4.69) is 26.0 Å². The van der Waals surface area contributed by atoms with Crippen LogP contribution in [0.3, 0.4) is 0 Å². The minimum atomic E-state index is 0.421. The van der Waals surface area contributed by atoms with Gasteiger partial charge in [0, 0.05) is 5.56 Å². The molecule has 122 valence electrons. The zero-order valence-corrected chi connectivity index (χ0v) is 14.3. The Morgan fingerprint density at radius 1 is 0.917 bits per heavy atom. The lowest BCUT2D eigenvalue weighted by atomic mass is 9.90. The van der Waals surface area contributed by atoms with Crippen molar-refractivity contribution in [3.63, 3.8) is 0 Å². The van der Waals surface area contributed by atoms with E-state index in [0.29, 0.717) is 11.1 Å². The highest BCUT2D eigenvalue weighted by atomic mass is 16.5. The Hall–Kier alpha value is -2.78. The fraction of sp³-hybridized carbons (Fsp3) is 0.333. The quantitative estimate of drug-likeness (QED) is 0.657. The molecule has 24 heavy (non-hydrogen) atoms. The second kappa shape index (κ2) is 8.75. The summed E-state index contributed by atoms with van der Waals surface area (Å²) < 4.78 is 5.74. The predicted octanol–water partition coefficient (Wildman–Crippen LogP) is 5.23. The highest BCUT2D eigenvalue weighted by Gasteiger charge is 2.14. The number of ether oxygens (including phenoxy) is 1. The maximum absolute atomic E-state index is 9.51. The first kappa shape index (κ1) is 17.6. The van der Waals surface area contributed by atoms with Crippen molar-refractivity contribution < 1.29 is 4.74 Å². The van der Waals surface area contributed by atoms with Gasteiger partial charge < -0.3 is 4.74 Å². The Balaban J connectivity index is 2.32. The maximum Gasteiger partial charge on any atom is 0.119 e. The number of hydrogen-bond acceptors (Lipinski definition) is 3. The Kier molecular flexibility index (Phi) is 6.41. The van der Waals surface area contributed by atoms with E-state index in [1.165, 1.54) is 12.8 Å². The predicted molar refractivity (Wildman–Crippen MR) is 95.7 cm³/mol. The van der Waals surface area contributed by atoms with Crippen LogP contribution < -0.4 is 4.74 Å². The summed E-state index contributed by atoms with van der Waals surface area (Å²) >= 11 is 0. The Bertz CT molecular complexity index is 764. The molecule has 3 nitrogen and oxygen atoms in total. The van der Waals surface area contributed by atoms with Crippen LogP contribution in [-0.2, 0) is 6.42 Å². The van der Waals surface area contributed by atoms with Gasteiger partial charge in [-0.05, 0) is 42.2 Å². The fourth-order valence-electron chi connectivity index (χ4n) is 2.74. The lowest BCUT2D eigenvalue weighted by Crippen LogP contribution is -1.98. The molecule has 0 aliphatic heterocycles. The van der Waals surface area contributed by atoms with Crippen LogP contribution in [0.4, 0.5) is 0 Å². The average molecular weight is 318 g/mol. The molecule has 0 aromatic heterocycles. The number of hydrogen-bond donors (Lipinski definition) is 0. The van der Waals surface area contributed by atoms with E-state index >= 15 is 0 Å². The third-order valence-corrected chi connectivity index (χ3v) is 4.06. The van der Waals surface area contributed by atoms with Gasteiger partial charge in [0.25, 0.3) is 0 Å². The summed E-state index contributed by atoms with van der Waals surface area (Å²) in [6.07, 6.45) is 4.21. The molecular weight excluding hydrogens is 296 g/mol. The van der Waals surface area contributed by atoms with Crippen molar-refractivity contribution >= 4 is 0 Å². The zero-order valence-electron chi connectivity index (χ0n) is 14.3. The first-order chi connectivity index (χ1) is 11.7. The van der Waals surface area contributed by atoms with Gasteiger partial charge in [0.05, 0.1) is 17.7 Å². The number of aryl methyl sites for hydroxylation is 1.